The number of carbonyl (C=O) groups is 2. The Kier molecular flexibility index (Phi) is 4.24. The summed E-state index contributed by atoms with van der Waals surface area (Å²) in [5, 5.41) is 21.2. The lowest BCUT2D eigenvalue weighted by atomic mass is 9.98. The zero-order valence-electron chi connectivity index (χ0n) is 11.1. The van der Waals surface area contributed by atoms with Crippen molar-refractivity contribution in [3.63, 3.8) is 0 Å². The van der Waals surface area contributed by atoms with E-state index in [4.69, 9.17) is 9.84 Å². The summed E-state index contributed by atoms with van der Waals surface area (Å²) in [5.74, 6) is -1.80. The molecule has 1 fully saturated rings. The summed E-state index contributed by atoms with van der Waals surface area (Å²) in [7, 11) is 0. The van der Waals surface area contributed by atoms with E-state index in [-0.39, 0.29) is 34.9 Å². The predicted octanol–water partition coefficient (Wildman–Crippen LogP) is 1.84. The Bertz CT molecular complexity index is 528. The maximum Gasteiger partial charge on any atom is 0.335 e. The van der Waals surface area contributed by atoms with Crippen molar-refractivity contribution < 1.29 is 24.5 Å². The van der Waals surface area contributed by atoms with Gasteiger partial charge in [-0.05, 0) is 31.0 Å². The van der Waals surface area contributed by atoms with E-state index in [0.29, 0.717) is 13.0 Å². The third-order valence-electron chi connectivity index (χ3n) is 3.45. The second-order valence-corrected chi connectivity index (χ2v) is 4.74. The van der Waals surface area contributed by atoms with Crippen LogP contribution in [-0.4, -0.2) is 34.8 Å². The highest BCUT2D eigenvalue weighted by molar-refractivity contribution is 5.96. The van der Waals surface area contributed by atoms with E-state index in [0.717, 1.165) is 6.42 Å². The molecule has 2 atom stereocenters. The second-order valence-electron chi connectivity index (χ2n) is 4.74. The summed E-state index contributed by atoms with van der Waals surface area (Å²) in [6.07, 6.45) is 1.24. The van der Waals surface area contributed by atoms with Gasteiger partial charge >= 0.3 is 5.97 Å². The van der Waals surface area contributed by atoms with Crippen LogP contribution in [0, 0.1) is 5.92 Å². The number of ether oxygens (including phenoxy) is 1. The van der Waals surface area contributed by atoms with Crippen molar-refractivity contribution in [3.05, 3.63) is 23.8 Å². The SMILES string of the molecule is CCC1OCCC1C(=O)Nc1cc(C(=O)O)ccc1O. The molecule has 3 N–H and O–H groups in total. The van der Waals surface area contributed by atoms with E-state index < -0.39 is 5.97 Å². The topological polar surface area (TPSA) is 95.9 Å². The molecule has 108 valence electrons. The summed E-state index contributed by atoms with van der Waals surface area (Å²) in [4.78, 5) is 23.1. The molecule has 1 aromatic rings. The molecule has 1 heterocycles. The third kappa shape index (κ3) is 2.91. The van der Waals surface area contributed by atoms with Crippen LogP contribution in [0.1, 0.15) is 30.1 Å². The van der Waals surface area contributed by atoms with E-state index in [1.54, 1.807) is 0 Å². The van der Waals surface area contributed by atoms with Crippen molar-refractivity contribution in [2.45, 2.75) is 25.9 Å². The Labute approximate surface area is 116 Å². The van der Waals surface area contributed by atoms with Crippen molar-refractivity contribution in [1.29, 1.82) is 0 Å². The molecule has 0 aromatic heterocycles. The van der Waals surface area contributed by atoms with Crippen molar-refractivity contribution in [2.75, 3.05) is 11.9 Å². The number of aromatic hydroxyl groups is 1. The molecule has 2 unspecified atom stereocenters. The highest BCUT2D eigenvalue weighted by Crippen LogP contribution is 2.28. The van der Waals surface area contributed by atoms with Gasteiger partial charge in [0.2, 0.25) is 5.91 Å². The number of anilines is 1. The van der Waals surface area contributed by atoms with Crippen LogP contribution in [0.2, 0.25) is 0 Å². The zero-order valence-corrected chi connectivity index (χ0v) is 11.1. The molecule has 1 aromatic carbocycles. The van der Waals surface area contributed by atoms with Gasteiger partial charge in [0, 0.05) is 6.61 Å². The largest absolute Gasteiger partial charge is 0.506 e. The summed E-state index contributed by atoms with van der Waals surface area (Å²) < 4.78 is 5.45. The molecule has 0 bridgehead atoms. The van der Waals surface area contributed by atoms with E-state index >= 15 is 0 Å². The first kappa shape index (κ1) is 14.3. The molecule has 1 aliphatic heterocycles. The fourth-order valence-corrected chi connectivity index (χ4v) is 2.35. The van der Waals surface area contributed by atoms with E-state index in [1.807, 2.05) is 6.92 Å². The lowest BCUT2D eigenvalue weighted by molar-refractivity contribution is -0.121. The molecule has 2 rings (SSSR count). The molecule has 0 saturated carbocycles. The predicted molar refractivity (Wildman–Crippen MR) is 71.8 cm³/mol. The van der Waals surface area contributed by atoms with E-state index in [2.05, 4.69) is 5.32 Å². The molecular weight excluding hydrogens is 262 g/mol. The van der Waals surface area contributed by atoms with Gasteiger partial charge in [-0.3, -0.25) is 4.79 Å². The van der Waals surface area contributed by atoms with Crippen LogP contribution < -0.4 is 5.32 Å². The Balaban J connectivity index is 2.15. The number of hydrogen-bond acceptors (Lipinski definition) is 4. The highest BCUT2D eigenvalue weighted by Gasteiger charge is 2.33. The van der Waals surface area contributed by atoms with Gasteiger partial charge in [-0.2, -0.15) is 0 Å². The quantitative estimate of drug-likeness (QED) is 0.731. The molecule has 6 nitrogen and oxygen atoms in total. The number of carboxylic acids is 1. The van der Waals surface area contributed by atoms with Crippen LogP contribution in [0.25, 0.3) is 0 Å². The van der Waals surface area contributed by atoms with Gasteiger partial charge in [0.15, 0.2) is 0 Å². The van der Waals surface area contributed by atoms with Crippen LogP contribution in [0.4, 0.5) is 5.69 Å². The van der Waals surface area contributed by atoms with Crippen molar-refractivity contribution in [2.24, 2.45) is 5.92 Å². The van der Waals surface area contributed by atoms with Crippen LogP contribution in [0.15, 0.2) is 18.2 Å². The summed E-state index contributed by atoms with van der Waals surface area (Å²) in [5.41, 5.74) is 0.115. The first-order valence-corrected chi connectivity index (χ1v) is 6.51. The van der Waals surface area contributed by atoms with E-state index in [1.165, 1.54) is 18.2 Å². The second kappa shape index (κ2) is 5.92. The van der Waals surface area contributed by atoms with Gasteiger partial charge in [-0.25, -0.2) is 4.79 Å². The fraction of sp³-hybridized carbons (Fsp3) is 0.429. The van der Waals surface area contributed by atoms with Crippen LogP contribution >= 0.6 is 0 Å². The first-order valence-electron chi connectivity index (χ1n) is 6.51. The van der Waals surface area contributed by atoms with Crippen LogP contribution in [-0.2, 0) is 9.53 Å². The standard InChI is InChI=1S/C14H17NO5/c1-2-12-9(5-6-20-12)13(17)15-10-7-8(14(18)19)3-4-11(10)16/h3-4,7,9,12,16H,2,5-6H2,1H3,(H,15,17)(H,18,19). The van der Waals surface area contributed by atoms with Crippen LogP contribution in [0.5, 0.6) is 5.75 Å². The minimum atomic E-state index is -1.11. The number of carbonyl (C=O) groups excluding carboxylic acids is 1. The molecule has 1 saturated heterocycles. The van der Waals surface area contributed by atoms with Gasteiger partial charge in [0.1, 0.15) is 5.75 Å². The van der Waals surface area contributed by atoms with Crippen molar-refractivity contribution >= 4 is 17.6 Å². The van der Waals surface area contributed by atoms with Gasteiger partial charge in [-0.1, -0.05) is 6.92 Å². The Morgan fingerprint density at radius 2 is 2.20 bits per heavy atom. The Morgan fingerprint density at radius 1 is 1.45 bits per heavy atom. The number of hydrogen-bond donors (Lipinski definition) is 3. The summed E-state index contributed by atoms with van der Waals surface area (Å²) in [6.45, 7) is 2.48. The normalized spacial score (nSPS) is 21.6. The minimum Gasteiger partial charge on any atom is -0.506 e. The number of nitrogens with one attached hydrogen (secondary N) is 1. The first-order chi connectivity index (χ1) is 9.52. The maximum atomic E-state index is 12.2. The monoisotopic (exact) mass is 279 g/mol. The zero-order chi connectivity index (χ0) is 14.7. The fourth-order valence-electron chi connectivity index (χ4n) is 2.35. The average Bonchev–Trinajstić information content (AvgIpc) is 2.89. The molecule has 1 amide bonds. The number of amides is 1. The number of carboxylic acid groups (broad SMARTS) is 1. The van der Waals surface area contributed by atoms with E-state index in [9.17, 15) is 14.7 Å². The van der Waals surface area contributed by atoms with Crippen LogP contribution in [0.3, 0.4) is 0 Å². The third-order valence-corrected chi connectivity index (χ3v) is 3.45. The highest BCUT2D eigenvalue weighted by atomic mass is 16.5. The van der Waals surface area contributed by atoms with Crippen molar-refractivity contribution in [3.8, 4) is 5.75 Å². The van der Waals surface area contributed by atoms with Gasteiger partial charge in [0.25, 0.3) is 0 Å². The number of phenols is 1. The minimum absolute atomic E-state index is 0.00723. The number of rotatable bonds is 4. The average molecular weight is 279 g/mol. The number of phenolic OH excluding ortho intramolecular Hbond substituents is 1. The molecule has 6 heteroatoms. The van der Waals surface area contributed by atoms with Gasteiger partial charge < -0.3 is 20.3 Å². The summed E-state index contributed by atoms with van der Waals surface area (Å²) in [6, 6.07) is 3.77. The molecule has 0 radical (unpaired) electrons. The number of aromatic carboxylic acids is 1. The van der Waals surface area contributed by atoms with Gasteiger partial charge in [0.05, 0.1) is 23.3 Å². The van der Waals surface area contributed by atoms with Crippen molar-refractivity contribution in [1.82, 2.24) is 0 Å². The smallest absolute Gasteiger partial charge is 0.335 e. The van der Waals surface area contributed by atoms with Gasteiger partial charge in [-0.15, -0.1) is 0 Å². The molecule has 0 aliphatic carbocycles. The lowest BCUT2D eigenvalue weighted by Crippen LogP contribution is -2.29. The molecule has 20 heavy (non-hydrogen) atoms. The Hall–Kier alpha value is -2.08. The lowest BCUT2D eigenvalue weighted by Gasteiger charge is -2.17. The molecular formula is C14H17NO5. The summed E-state index contributed by atoms with van der Waals surface area (Å²) >= 11 is 0. The maximum absolute atomic E-state index is 12.2. The molecule has 0 spiro atoms. The molecule has 1 aliphatic rings. The number of benzene rings is 1. The Morgan fingerprint density at radius 3 is 2.85 bits per heavy atom.